The predicted molar refractivity (Wildman–Crippen MR) is 48.9 cm³/mol. The second-order valence-electron chi connectivity index (χ2n) is 5.02. The van der Waals surface area contributed by atoms with Crippen LogP contribution >= 0.6 is 11.6 Å². The minimum atomic E-state index is 0.448. The summed E-state index contributed by atoms with van der Waals surface area (Å²) in [4.78, 5) is 0. The van der Waals surface area contributed by atoms with Gasteiger partial charge in [-0.05, 0) is 36.5 Å². The Kier molecular flexibility index (Phi) is 1.55. The van der Waals surface area contributed by atoms with Crippen molar-refractivity contribution in [1.29, 1.82) is 0 Å². The minimum absolute atomic E-state index is 0.448. The van der Waals surface area contributed by atoms with E-state index in [2.05, 4.69) is 13.8 Å². The zero-order valence-electron chi connectivity index (χ0n) is 7.49. The summed E-state index contributed by atoms with van der Waals surface area (Å²) < 4.78 is 0. The van der Waals surface area contributed by atoms with Gasteiger partial charge in [-0.3, -0.25) is 0 Å². The highest BCUT2D eigenvalue weighted by Crippen LogP contribution is 2.60. The number of halogens is 1. The van der Waals surface area contributed by atoms with Crippen LogP contribution in [0.25, 0.3) is 0 Å². The maximum atomic E-state index is 6.46. The van der Waals surface area contributed by atoms with Gasteiger partial charge in [0.2, 0.25) is 0 Å². The molecule has 0 saturated heterocycles. The van der Waals surface area contributed by atoms with Gasteiger partial charge in [0.05, 0.1) is 0 Å². The van der Waals surface area contributed by atoms with Crippen LogP contribution in [0.3, 0.4) is 0 Å². The van der Waals surface area contributed by atoms with Crippen LogP contribution in [0.5, 0.6) is 0 Å². The highest BCUT2D eigenvalue weighted by molar-refractivity contribution is 6.21. The first-order chi connectivity index (χ1) is 5.07. The van der Waals surface area contributed by atoms with Gasteiger partial charge in [0, 0.05) is 5.38 Å². The van der Waals surface area contributed by atoms with Crippen LogP contribution in [-0.4, -0.2) is 5.38 Å². The maximum absolute atomic E-state index is 6.46. The summed E-state index contributed by atoms with van der Waals surface area (Å²) in [6, 6.07) is 0. The summed E-state index contributed by atoms with van der Waals surface area (Å²) in [5.74, 6) is 0. The molecule has 2 fully saturated rings. The van der Waals surface area contributed by atoms with Crippen molar-refractivity contribution in [1.82, 2.24) is 0 Å². The molecule has 0 radical (unpaired) electrons. The molecule has 0 aromatic rings. The Morgan fingerprint density at radius 1 is 1.00 bits per heavy atom. The first-order valence-corrected chi connectivity index (χ1v) is 5.15. The SMILES string of the molecule is CC12CCCC(C)(CC1)C2Cl. The number of rotatable bonds is 0. The summed E-state index contributed by atoms with van der Waals surface area (Å²) in [5, 5.41) is 0.448. The van der Waals surface area contributed by atoms with Crippen molar-refractivity contribution in [2.75, 3.05) is 0 Å². The first kappa shape index (κ1) is 7.91. The number of hydrogen-bond donors (Lipinski definition) is 0. The molecule has 0 N–H and O–H groups in total. The van der Waals surface area contributed by atoms with Gasteiger partial charge in [0.15, 0.2) is 0 Å². The van der Waals surface area contributed by atoms with E-state index in [0.29, 0.717) is 16.2 Å². The van der Waals surface area contributed by atoms with Crippen molar-refractivity contribution in [2.45, 2.75) is 51.3 Å². The van der Waals surface area contributed by atoms with Crippen molar-refractivity contribution < 1.29 is 0 Å². The molecule has 1 heteroatoms. The first-order valence-electron chi connectivity index (χ1n) is 4.71. The third-order valence-electron chi connectivity index (χ3n) is 3.99. The molecule has 0 aliphatic heterocycles. The van der Waals surface area contributed by atoms with Crippen LogP contribution in [0.2, 0.25) is 0 Å². The third kappa shape index (κ3) is 0.950. The van der Waals surface area contributed by atoms with Crippen molar-refractivity contribution in [2.24, 2.45) is 10.8 Å². The molecule has 2 rings (SSSR count). The van der Waals surface area contributed by atoms with Crippen LogP contribution in [0.4, 0.5) is 0 Å². The molecule has 2 saturated carbocycles. The van der Waals surface area contributed by atoms with Gasteiger partial charge in [-0.2, -0.15) is 0 Å². The van der Waals surface area contributed by atoms with Gasteiger partial charge in [0.25, 0.3) is 0 Å². The van der Waals surface area contributed by atoms with Crippen LogP contribution in [0, 0.1) is 10.8 Å². The minimum Gasteiger partial charge on any atom is -0.122 e. The second kappa shape index (κ2) is 2.16. The Bertz CT molecular complexity index is 160. The number of alkyl halides is 1. The molecule has 0 amide bonds. The van der Waals surface area contributed by atoms with Crippen LogP contribution in [0.1, 0.15) is 46.0 Å². The molecule has 2 unspecified atom stereocenters. The van der Waals surface area contributed by atoms with Crippen molar-refractivity contribution in [3.05, 3.63) is 0 Å². The Hall–Kier alpha value is 0.290. The predicted octanol–water partition coefficient (Wildman–Crippen LogP) is 3.58. The molecule has 0 nitrogen and oxygen atoms in total. The molecule has 64 valence electrons. The fourth-order valence-corrected chi connectivity index (χ4v) is 3.50. The van der Waals surface area contributed by atoms with Gasteiger partial charge >= 0.3 is 0 Å². The Labute approximate surface area is 74.3 Å². The van der Waals surface area contributed by atoms with E-state index in [4.69, 9.17) is 11.6 Å². The Morgan fingerprint density at radius 3 is 1.82 bits per heavy atom. The Balaban J connectivity index is 2.30. The lowest BCUT2D eigenvalue weighted by atomic mass is 9.70. The normalized spacial score (nSPS) is 56.5. The lowest BCUT2D eigenvalue weighted by Gasteiger charge is -2.40. The maximum Gasteiger partial charge on any atom is 0.0443 e. The van der Waals surface area contributed by atoms with Gasteiger partial charge in [-0.1, -0.05) is 20.3 Å². The fourth-order valence-electron chi connectivity index (χ4n) is 3.07. The van der Waals surface area contributed by atoms with Crippen LogP contribution in [-0.2, 0) is 0 Å². The van der Waals surface area contributed by atoms with E-state index in [1.54, 1.807) is 0 Å². The number of fused-ring (bicyclic) bond motifs is 2. The molecule has 2 aliphatic rings. The van der Waals surface area contributed by atoms with E-state index in [0.717, 1.165) is 0 Å². The van der Waals surface area contributed by atoms with E-state index in [1.165, 1.54) is 32.1 Å². The summed E-state index contributed by atoms with van der Waals surface area (Å²) in [6.07, 6.45) is 6.83. The summed E-state index contributed by atoms with van der Waals surface area (Å²) >= 11 is 6.46. The second-order valence-corrected chi connectivity index (χ2v) is 5.46. The average molecular weight is 173 g/mol. The average Bonchev–Trinajstić information content (AvgIpc) is 2.17. The van der Waals surface area contributed by atoms with Crippen LogP contribution in [0.15, 0.2) is 0 Å². The molecule has 0 heterocycles. The van der Waals surface area contributed by atoms with E-state index < -0.39 is 0 Å². The molecular formula is C10H17Cl. The van der Waals surface area contributed by atoms with Gasteiger partial charge in [0.1, 0.15) is 0 Å². The smallest absolute Gasteiger partial charge is 0.0443 e. The standard InChI is InChI=1S/C10H17Cl/c1-9-4-3-5-10(2,7-6-9)8(9)11/h8H,3-7H2,1-2H3. The van der Waals surface area contributed by atoms with Gasteiger partial charge in [-0.25, -0.2) is 0 Å². The summed E-state index contributed by atoms with van der Waals surface area (Å²) in [6.45, 7) is 4.74. The monoisotopic (exact) mass is 172 g/mol. The fraction of sp³-hybridized carbons (Fsp3) is 1.00. The zero-order chi connectivity index (χ0) is 8.11. The Morgan fingerprint density at radius 2 is 1.45 bits per heavy atom. The third-order valence-corrected chi connectivity index (χ3v) is 5.04. The van der Waals surface area contributed by atoms with E-state index in [9.17, 15) is 0 Å². The highest BCUT2D eigenvalue weighted by Gasteiger charge is 2.53. The number of hydrogen-bond acceptors (Lipinski definition) is 0. The van der Waals surface area contributed by atoms with Crippen molar-refractivity contribution in [3.63, 3.8) is 0 Å². The molecule has 11 heavy (non-hydrogen) atoms. The van der Waals surface area contributed by atoms with Crippen molar-refractivity contribution in [3.8, 4) is 0 Å². The lowest BCUT2D eigenvalue weighted by Crippen LogP contribution is -2.36. The van der Waals surface area contributed by atoms with Gasteiger partial charge < -0.3 is 0 Å². The highest BCUT2D eigenvalue weighted by atomic mass is 35.5. The topological polar surface area (TPSA) is 0 Å². The van der Waals surface area contributed by atoms with E-state index in [1.807, 2.05) is 0 Å². The largest absolute Gasteiger partial charge is 0.122 e. The molecule has 0 spiro atoms. The van der Waals surface area contributed by atoms with E-state index >= 15 is 0 Å². The molecular weight excluding hydrogens is 156 g/mol. The zero-order valence-corrected chi connectivity index (χ0v) is 8.25. The van der Waals surface area contributed by atoms with Crippen molar-refractivity contribution >= 4 is 11.6 Å². The summed E-state index contributed by atoms with van der Waals surface area (Å²) in [5.41, 5.74) is 0.961. The quantitative estimate of drug-likeness (QED) is 0.490. The molecule has 0 aromatic carbocycles. The molecule has 2 aliphatic carbocycles. The summed E-state index contributed by atoms with van der Waals surface area (Å²) in [7, 11) is 0. The van der Waals surface area contributed by atoms with Crippen LogP contribution < -0.4 is 0 Å². The molecule has 2 bridgehead atoms. The van der Waals surface area contributed by atoms with E-state index in [-0.39, 0.29) is 0 Å². The lowest BCUT2D eigenvalue weighted by molar-refractivity contribution is 0.180. The van der Waals surface area contributed by atoms with Gasteiger partial charge in [-0.15, -0.1) is 11.6 Å². The molecule has 2 atom stereocenters. The molecule has 0 aromatic heterocycles.